The Kier molecular flexibility index (Phi) is 4.82. The molecule has 20 heavy (non-hydrogen) atoms. The summed E-state index contributed by atoms with van der Waals surface area (Å²) in [6.07, 6.45) is 3.65. The second kappa shape index (κ2) is 6.80. The molecular formula is C16H14F2NO. The van der Waals surface area contributed by atoms with E-state index in [-0.39, 0.29) is 12.2 Å². The third-order valence-corrected chi connectivity index (χ3v) is 2.81. The van der Waals surface area contributed by atoms with E-state index in [2.05, 4.69) is 18.3 Å². The average molecular weight is 274 g/mol. The van der Waals surface area contributed by atoms with E-state index in [4.69, 9.17) is 4.84 Å². The van der Waals surface area contributed by atoms with E-state index in [9.17, 15) is 8.78 Å². The minimum atomic E-state index is -0.645. The Morgan fingerprint density at radius 3 is 2.75 bits per heavy atom. The maximum absolute atomic E-state index is 13.3. The lowest BCUT2D eigenvalue weighted by Crippen LogP contribution is -1.93. The van der Waals surface area contributed by atoms with E-state index in [1.54, 1.807) is 0 Å². The molecule has 0 unspecified atom stereocenters. The fourth-order valence-corrected chi connectivity index (χ4v) is 1.69. The fourth-order valence-electron chi connectivity index (χ4n) is 1.69. The maximum Gasteiger partial charge on any atom is 0.145 e. The highest BCUT2D eigenvalue weighted by Crippen LogP contribution is 2.10. The van der Waals surface area contributed by atoms with Gasteiger partial charge in [0, 0.05) is 17.2 Å². The van der Waals surface area contributed by atoms with E-state index in [0.29, 0.717) is 0 Å². The van der Waals surface area contributed by atoms with Crippen LogP contribution in [-0.4, -0.2) is 6.21 Å². The summed E-state index contributed by atoms with van der Waals surface area (Å²) in [6, 6.07) is 11.1. The highest BCUT2D eigenvalue weighted by Gasteiger charge is 2.03. The third kappa shape index (κ3) is 3.88. The normalized spacial score (nSPS) is 10.9. The van der Waals surface area contributed by atoms with Crippen LogP contribution >= 0.6 is 0 Å². The Balaban J connectivity index is 1.93. The minimum absolute atomic E-state index is 0.0629. The molecule has 103 valence electrons. The number of halogens is 2. The van der Waals surface area contributed by atoms with Gasteiger partial charge in [-0.15, -0.1) is 0 Å². The molecule has 0 fully saturated rings. The molecule has 0 atom stereocenters. The summed E-state index contributed by atoms with van der Waals surface area (Å²) < 4.78 is 26.0. The van der Waals surface area contributed by atoms with Gasteiger partial charge in [0.2, 0.25) is 0 Å². The Hall–Kier alpha value is -2.23. The molecule has 0 aliphatic heterocycles. The molecule has 0 aliphatic rings. The molecule has 2 rings (SSSR count). The first-order chi connectivity index (χ1) is 9.69. The van der Waals surface area contributed by atoms with Gasteiger partial charge in [-0.05, 0) is 30.2 Å². The van der Waals surface area contributed by atoms with Crippen molar-refractivity contribution in [1.82, 2.24) is 0 Å². The lowest BCUT2D eigenvalue weighted by Gasteiger charge is -2.01. The lowest BCUT2D eigenvalue weighted by molar-refractivity contribution is 0.129. The second-order valence-electron chi connectivity index (χ2n) is 4.27. The van der Waals surface area contributed by atoms with Crippen LogP contribution in [0.1, 0.15) is 23.6 Å². The van der Waals surface area contributed by atoms with E-state index in [1.807, 2.05) is 24.3 Å². The van der Waals surface area contributed by atoms with Crippen LogP contribution in [0.15, 0.2) is 47.6 Å². The third-order valence-electron chi connectivity index (χ3n) is 2.81. The van der Waals surface area contributed by atoms with Crippen molar-refractivity contribution in [2.45, 2.75) is 20.0 Å². The molecule has 0 saturated heterocycles. The van der Waals surface area contributed by atoms with Gasteiger partial charge in [-0.2, -0.15) is 0 Å². The van der Waals surface area contributed by atoms with Crippen molar-refractivity contribution in [1.29, 1.82) is 0 Å². The van der Waals surface area contributed by atoms with Crippen LogP contribution in [0.25, 0.3) is 0 Å². The van der Waals surface area contributed by atoms with Gasteiger partial charge in [-0.1, -0.05) is 30.3 Å². The molecule has 0 saturated carbocycles. The summed E-state index contributed by atoms with van der Waals surface area (Å²) in [7, 11) is 0. The molecule has 1 radical (unpaired) electrons. The van der Waals surface area contributed by atoms with Crippen molar-refractivity contribution >= 4 is 6.21 Å². The SMILES string of the molecule is CCc1cccc(/[C]=N\OCc2ccc(F)cc2F)c1. The maximum atomic E-state index is 13.3. The van der Waals surface area contributed by atoms with Crippen LogP contribution in [0.3, 0.4) is 0 Å². The molecule has 0 heterocycles. The predicted molar refractivity (Wildman–Crippen MR) is 73.5 cm³/mol. The van der Waals surface area contributed by atoms with Crippen LogP contribution in [0.5, 0.6) is 0 Å². The fraction of sp³-hybridized carbons (Fsp3) is 0.188. The summed E-state index contributed by atoms with van der Waals surface area (Å²) >= 11 is 0. The number of nitrogens with zero attached hydrogens (tertiary/aromatic N) is 1. The monoisotopic (exact) mass is 274 g/mol. The topological polar surface area (TPSA) is 21.6 Å². The molecular weight excluding hydrogens is 260 g/mol. The Morgan fingerprint density at radius 2 is 2.00 bits per heavy atom. The molecule has 2 aromatic carbocycles. The largest absolute Gasteiger partial charge is 0.390 e. The molecule has 0 bridgehead atoms. The van der Waals surface area contributed by atoms with Gasteiger partial charge in [-0.3, -0.25) is 0 Å². The van der Waals surface area contributed by atoms with Gasteiger partial charge < -0.3 is 4.84 Å². The van der Waals surface area contributed by atoms with Gasteiger partial charge in [0.05, 0.1) is 0 Å². The summed E-state index contributed by atoms with van der Waals surface area (Å²) in [5.41, 5.74) is 2.22. The molecule has 4 heteroatoms. The zero-order valence-corrected chi connectivity index (χ0v) is 11.1. The first kappa shape index (κ1) is 14.2. The summed E-state index contributed by atoms with van der Waals surface area (Å²) in [5.74, 6) is -1.26. The average Bonchev–Trinajstić information content (AvgIpc) is 2.45. The molecule has 2 aromatic rings. The summed E-state index contributed by atoms with van der Waals surface area (Å²) in [6.45, 7) is 2.00. The highest BCUT2D eigenvalue weighted by molar-refractivity contribution is 5.79. The minimum Gasteiger partial charge on any atom is -0.390 e. The van der Waals surface area contributed by atoms with E-state index >= 15 is 0 Å². The Bertz CT molecular complexity index is 611. The van der Waals surface area contributed by atoms with Crippen molar-refractivity contribution in [3.8, 4) is 0 Å². The molecule has 0 amide bonds. The van der Waals surface area contributed by atoms with Gasteiger partial charge in [0.1, 0.15) is 24.5 Å². The number of hydrogen-bond acceptors (Lipinski definition) is 2. The van der Waals surface area contributed by atoms with Crippen LogP contribution in [0.2, 0.25) is 0 Å². The highest BCUT2D eigenvalue weighted by atomic mass is 19.1. The first-order valence-corrected chi connectivity index (χ1v) is 6.30. The van der Waals surface area contributed by atoms with E-state index in [0.717, 1.165) is 18.1 Å². The molecule has 0 spiro atoms. The standard InChI is InChI=1S/C16H14F2NO/c1-2-12-4-3-5-13(8-12)10-19-20-11-14-6-7-15(17)9-16(14)18/h3-9H,2,11H2,1H3. The molecule has 0 aromatic heterocycles. The zero-order valence-electron chi connectivity index (χ0n) is 11.1. The van der Waals surface area contributed by atoms with Crippen molar-refractivity contribution in [3.05, 3.63) is 70.8 Å². The van der Waals surface area contributed by atoms with Crippen molar-refractivity contribution in [2.75, 3.05) is 0 Å². The first-order valence-electron chi connectivity index (χ1n) is 6.30. The quantitative estimate of drug-likeness (QED) is 0.597. The van der Waals surface area contributed by atoms with Crippen LogP contribution < -0.4 is 0 Å². The lowest BCUT2D eigenvalue weighted by atomic mass is 10.1. The summed E-state index contributed by atoms with van der Waals surface area (Å²) in [5, 5.41) is 3.67. The molecule has 0 N–H and O–H groups in total. The van der Waals surface area contributed by atoms with Crippen LogP contribution in [-0.2, 0) is 17.9 Å². The van der Waals surface area contributed by atoms with E-state index < -0.39 is 11.6 Å². The van der Waals surface area contributed by atoms with Gasteiger partial charge in [0.25, 0.3) is 0 Å². The van der Waals surface area contributed by atoms with Crippen LogP contribution in [0.4, 0.5) is 8.78 Å². The number of aryl methyl sites for hydroxylation is 1. The molecule has 0 aliphatic carbocycles. The van der Waals surface area contributed by atoms with Crippen molar-refractivity contribution in [3.63, 3.8) is 0 Å². The number of benzene rings is 2. The van der Waals surface area contributed by atoms with Crippen molar-refractivity contribution < 1.29 is 13.6 Å². The number of hydrogen-bond donors (Lipinski definition) is 0. The van der Waals surface area contributed by atoms with Gasteiger partial charge in [-0.25, -0.2) is 8.78 Å². The van der Waals surface area contributed by atoms with Gasteiger partial charge in [0.15, 0.2) is 0 Å². The van der Waals surface area contributed by atoms with Crippen LogP contribution in [0, 0.1) is 11.6 Å². The molecule has 2 nitrogen and oxygen atoms in total. The number of rotatable bonds is 5. The Morgan fingerprint density at radius 1 is 1.15 bits per heavy atom. The zero-order chi connectivity index (χ0) is 14.4. The van der Waals surface area contributed by atoms with Gasteiger partial charge >= 0.3 is 0 Å². The Labute approximate surface area is 116 Å². The summed E-state index contributed by atoms with van der Waals surface area (Å²) in [4.78, 5) is 4.97. The predicted octanol–water partition coefficient (Wildman–Crippen LogP) is 3.95. The second-order valence-corrected chi connectivity index (χ2v) is 4.27. The van der Waals surface area contributed by atoms with E-state index in [1.165, 1.54) is 17.7 Å². The van der Waals surface area contributed by atoms with Crippen molar-refractivity contribution in [2.24, 2.45) is 5.16 Å². The smallest absolute Gasteiger partial charge is 0.145 e.